The lowest BCUT2D eigenvalue weighted by Gasteiger charge is -2.35. The van der Waals surface area contributed by atoms with Crippen LogP contribution in [0.2, 0.25) is 0 Å². The zero-order valence-corrected chi connectivity index (χ0v) is 16.7. The lowest BCUT2D eigenvalue weighted by molar-refractivity contribution is 0.597. The van der Waals surface area contributed by atoms with Crippen LogP contribution in [0.25, 0.3) is 11.0 Å². The number of nitrogens with one attached hydrogen (secondary N) is 1. The third kappa shape index (κ3) is 3.14. The zero-order chi connectivity index (χ0) is 19.2. The van der Waals surface area contributed by atoms with Gasteiger partial charge in [-0.05, 0) is 12.1 Å². The van der Waals surface area contributed by atoms with E-state index in [-0.39, 0.29) is 15.6 Å². The van der Waals surface area contributed by atoms with Crippen LogP contribution in [0.15, 0.2) is 46.5 Å². The molecular weight excluding hydrogens is 382 g/mol. The predicted octanol–water partition coefficient (Wildman–Crippen LogP) is 2.70. The number of hydrogen-bond donors (Lipinski definition) is 2. The SMILES string of the molecule is CC1CN(c2ncnc3c(S(=O)(=O)c4ccccc4)c(N)[nH]c23)CC(C)S1. The number of H-pyrrole nitrogens is 1. The number of rotatable bonds is 3. The molecule has 2 aromatic heterocycles. The third-order valence-electron chi connectivity index (χ3n) is 4.59. The van der Waals surface area contributed by atoms with E-state index in [1.165, 1.54) is 6.33 Å². The number of hydrogen-bond acceptors (Lipinski definition) is 7. The van der Waals surface area contributed by atoms with Gasteiger partial charge in [-0.2, -0.15) is 11.8 Å². The molecular formula is C18H21N5O2S2. The van der Waals surface area contributed by atoms with Gasteiger partial charge in [0.25, 0.3) is 0 Å². The van der Waals surface area contributed by atoms with Crippen LogP contribution < -0.4 is 10.6 Å². The smallest absolute Gasteiger partial charge is 0.212 e. The molecule has 3 N–H and O–H groups in total. The Labute approximate surface area is 162 Å². The van der Waals surface area contributed by atoms with E-state index in [0.29, 0.717) is 27.4 Å². The van der Waals surface area contributed by atoms with Crippen LogP contribution in [0, 0.1) is 0 Å². The molecule has 0 amide bonds. The molecule has 4 rings (SSSR count). The van der Waals surface area contributed by atoms with Gasteiger partial charge < -0.3 is 15.6 Å². The molecule has 1 saturated heterocycles. The fourth-order valence-electron chi connectivity index (χ4n) is 3.56. The number of nitrogens with zero attached hydrogens (tertiary/aromatic N) is 3. The number of nitrogens with two attached hydrogens (primary N) is 1. The van der Waals surface area contributed by atoms with Crippen LogP contribution >= 0.6 is 11.8 Å². The van der Waals surface area contributed by atoms with Crippen LogP contribution in [0.3, 0.4) is 0 Å². The number of anilines is 2. The Morgan fingerprint density at radius 3 is 2.48 bits per heavy atom. The van der Waals surface area contributed by atoms with E-state index >= 15 is 0 Å². The van der Waals surface area contributed by atoms with Crippen molar-refractivity contribution in [2.45, 2.75) is 34.1 Å². The topological polar surface area (TPSA) is 105 Å². The van der Waals surface area contributed by atoms with Crippen molar-refractivity contribution in [3.63, 3.8) is 0 Å². The first-order chi connectivity index (χ1) is 12.9. The number of sulfone groups is 1. The van der Waals surface area contributed by atoms with Crippen molar-refractivity contribution >= 4 is 44.3 Å². The summed E-state index contributed by atoms with van der Waals surface area (Å²) in [5.74, 6) is 0.781. The molecule has 0 aliphatic carbocycles. The van der Waals surface area contributed by atoms with E-state index in [0.717, 1.165) is 13.1 Å². The molecule has 3 heterocycles. The highest BCUT2D eigenvalue weighted by molar-refractivity contribution is 8.00. The Balaban J connectivity index is 1.87. The first-order valence-electron chi connectivity index (χ1n) is 8.70. The van der Waals surface area contributed by atoms with Gasteiger partial charge in [0, 0.05) is 23.6 Å². The summed E-state index contributed by atoms with van der Waals surface area (Å²) in [6.07, 6.45) is 1.41. The van der Waals surface area contributed by atoms with Crippen molar-refractivity contribution in [1.29, 1.82) is 0 Å². The summed E-state index contributed by atoms with van der Waals surface area (Å²) in [6, 6.07) is 8.26. The molecule has 9 heteroatoms. The average Bonchev–Trinajstić information content (AvgIpc) is 2.98. The largest absolute Gasteiger partial charge is 0.384 e. The van der Waals surface area contributed by atoms with Crippen molar-refractivity contribution in [2.75, 3.05) is 23.7 Å². The summed E-state index contributed by atoms with van der Waals surface area (Å²) in [6.45, 7) is 6.03. The van der Waals surface area contributed by atoms with Gasteiger partial charge in [0.2, 0.25) is 9.84 Å². The maximum atomic E-state index is 13.1. The van der Waals surface area contributed by atoms with Crippen LogP contribution in [0.5, 0.6) is 0 Å². The first kappa shape index (κ1) is 18.1. The monoisotopic (exact) mass is 403 g/mol. The Hall–Kier alpha value is -2.26. The molecule has 0 radical (unpaired) electrons. The molecule has 2 atom stereocenters. The van der Waals surface area contributed by atoms with E-state index in [9.17, 15) is 8.42 Å². The molecule has 1 aromatic carbocycles. The quantitative estimate of drug-likeness (QED) is 0.693. The van der Waals surface area contributed by atoms with Crippen LogP contribution in [-0.2, 0) is 9.84 Å². The Morgan fingerprint density at radius 1 is 1.15 bits per heavy atom. The van der Waals surface area contributed by atoms with Gasteiger partial charge in [0.05, 0.1) is 4.90 Å². The molecule has 1 aliphatic rings. The average molecular weight is 404 g/mol. The molecule has 2 unspecified atom stereocenters. The highest BCUT2D eigenvalue weighted by Crippen LogP contribution is 2.36. The summed E-state index contributed by atoms with van der Waals surface area (Å²) < 4.78 is 26.3. The third-order valence-corrected chi connectivity index (χ3v) is 7.66. The lowest BCUT2D eigenvalue weighted by Crippen LogP contribution is -2.41. The van der Waals surface area contributed by atoms with Gasteiger partial charge in [-0.1, -0.05) is 32.0 Å². The maximum Gasteiger partial charge on any atom is 0.212 e. The van der Waals surface area contributed by atoms with Gasteiger partial charge in [-0.3, -0.25) is 0 Å². The Kier molecular flexibility index (Phi) is 4.51. The van der Waals surface area contributed by atoms with Gasteiger partial charge in [-0.25, -0.2) is 18.4 Å². The number of benzene rings is 1. The van der Waals surface area contributed by atoms with Crippen molar-refractivity contribution in [3.05, 3.63) is 36.7 Å². The summed E-state index contributed by atoms with van der Waals surface area (Å²) in [7, 11) is -3.79. The fourth-order valence-corrected chi connectivity index (χ4v) is 6.39. The van der Waals surface area contributed by atoms with Gasteiger partial charge >= 0.3 is 0 Å². The molecule has 0 bridgehead atoms. The summed E-state index contributed by atoms with van der Waals surface area (Å²) in [5.41, 5.74) is 7.00. The first-order valence-corrected chi connectivity index (χ1v) is 11.1. The minimum atomic E-state index is -3.79. The van der Waals surface area contributed by atoms with Crippen molar-refractivity contribution in [2.24, 2.45) is 0 Å². The minimum absolute atomic E-state index is 0.0137. The summed E-state index contributed by atoms with van der Waals surface area (Å²) >= 11 is 1.94. The van der Waals surface area contributed by atoms with Gasteiger partial charge in [0.15, 0.2) is 5.82 Å². The van der Waals surface area contributed by atoms with Crippen molar-refractivity contribution < 1.29 is 8.42 Å². The second-order valence-electron chi connectivity index (χ2n) is 6.77. The van der Waals surface area contributed by atoms with Crippen molar-refractivity contribution in [1.82, 2.24) is 15.0 Å². The highest BCUT2D eigenvalue weighted by Gasteiger charge is 2.30. The van der Waals surface area contributed by atoms with Crippen molar-refractivity contribution in [3.8, 4) is 0 Å². The minimum Gasteiger partial charge on any atom is -0.384 e. The van der Waals surface area contributed by atoms with Crippen LogP contribution in [0.1, 0.15) is 13.8 Å². The number of fused-ring (bicyclic) bond motifs is 1. The molecule has 0 spiro atoms. The molecule has 142 valence electrons. The van der Waals surface area contributed by atoms with Gasteiger partial charge in [0.1, 0.15) is 28.1 Å². The van der Waals surface area contributed by atoms with E-state index in [2.05, 4.69) is 33.7 Å². The summed E-state index contributed by atoms with van der Waals surface area (Å²) in [4.78, 5) is 14.1. The number of aromatic nitrogens is 3. The second-order valence-corrected chi connectivity index (χ2v) is 10.5. The van der Waals surface area contributed by atoms with E-state index in [1.807, 2.05) is 11.8 Å². The molecule has 7 nitrogen and oxygen atoms in total. The molecule has 3 aromatic rings. The second kappa shape index (κ2) is 6.72. The van der Waals surface area contributed by atoms with Crippen LogP contribution in [-0.4, -0.2) is 47.0 Å². The van der Waals surface area contributed by atoms with Crippen LogP contribution in [0.4, 0.5) is 11.6 Å². The molecule has 27 heavy (non-hydrogen) atoms. The highest BCUT2D eigenvalue weighted by atomic mass is 32.2. The maximum absolute atomic E-state index is 13.1. The number of nitrogen functional groups attached to an aromatic ring is 1. The standard InChI is InChI=1S/C18H21N5O2S2/c1-11-8-23(9-12(2)26-11)18-15-14(20-10-21-18)16(17(19)22-15)27(24,25)13-6-4-3-5-7-13/h3-7,10-12,22H,8-9,19H2,1-2H3. The molecule has 0 saturated carbocycles. The Morgan fingerprint density at radius 2 is 1.81 bits per heavy atom. The molecule has 1 fully saturated rings. The fraction of sp³-hybridized carbons (Fsp3) is 0.333. The van der Waals surface area contributed by atoms with E-state index in [4.69, 9.17) is 5.73 Å². The van der Waals surface area contributed by atoms with E-state index in [1.54, 1.807) is 30.3 Å². The normalized spacial score (nSPS) is 20.9. The van der Waals surface area contributed by atoms with E-state index < -0.39 is 9.84 Å². The number of thioether (sulfide) groups is 1. The number of aromatic amines is 1. The Bertz CT molecular complexity index is 1070. The predicted molar refractivity (Wildman–Crippen MR) is 109 cm³/mol. The lowest BCUT2D eigenvalue weighted by atomic mass is 10.3. The van der Waals surface area contributed by atoms with Gasteiger partial charge in [-0.15, -0.1) is 0 Å². The summed E-state index contributed by atoms with van der Waals surface area (Å²) in [5, 5.41) is 0.914. The molecule has 1 aliphatic heterocycles. The zero-order valence-electron chi connectivity index (χ0n) is 15.1.